The summed E-state index contributed by atoms with van der Waals surface area (Å²) >= 11 is 0. The van der Waals surface area contributed by atoms with Crippen LogP contribution in [0.5, 0.6) is 11.6 Å². The first-order valence-corrected chi connectivity index (χ1v) is 10.1. The Morgan fingerprint density at radius 2 is 1.93 bits per heavy atom. The average molecular weight is 527 g/mol. The van der Waals surface area contributed by atoms with Gasteiger partial charge in [0.25, 0.3) is 0 Å². The van der Waals surface area contributed by atoms with Gasteiger partial charge >= 0.3 is 0 Å². The summed E-state index contributed by atoms with van der Waals surface area (Å²) in [6.45, 7) is 7.32. The molecule has 1 aliphatic heterocycles. The van der Waals surface area contributed by atoms with Crippen molar-refractivity contribution in [1.82, 2.24) is 20.5 Å². The van der Waals surface area contributed by atoms with Crippen molar-refractivity contribution in [3.05, 3.63) is 54.0 Å². The first-order valence-electron chi connectivity index (χ1n) is 10.1. The van der Waals surface area contributed by atoms with E-state index in [0.29, 0.717) is 30.3 Å². The zero-order valence-corrected chi connectivity index (χ0v) is 20.1. The second-order valence-electron chi connectivity index (χ2n) is 7.53. The summed E-state index contributed by atoms with van der Waals surface area (Å²) in [5.41, 5.74) is 1.02. The second kappa shape index (κ2) is 12.0. The molecular weight excluding hydrogens is 496 g/mol. The quantitative estimate of drug-likeness (QED) is 0.336. The summed E-state index contributed by atoms with van der Waals surface area (Å²) in [5, 5.41) is 6.88. The second-order valence-corrected chi connectivity index (χ2v) is 7.53. The lowest BCUT2D eigenvalue weighted by Gasteiger charge is -2.35. The van der Waals surface area contributed by atoms with Crippen molar-refractivity contribution >= 4 is 29.9 Å². The minimum atomic E-state index is -0.294. The Morgan fingerprint density at radius 1 is 1.23 bits per heavy atom. The van der Waals surface area contributed by atoms with Crippen molar-refractivity contribution in [3.63, 3.8) is 0 Å². The Bertz CT molecular complexity index is 807. The molecule has 0 bridgehead atoms. The predicted molar refractivity (Wildman–Crippen MR) is 129 cm³/mol. The molecule has 1 aromatic heterocycles. The molecule has 0 unspecified atom stereocenters. The number of rotatable bonds is 6. The van der Waals surface area contributed by atoms with Gasteiger partial charge in [-0.15, -0.1) is 24.0 Å². The van der Waals surface area contributed by atoms with E-state index in [4.69, 9.17) is 4.74 Å². The van der Waals surface area contributed by atoms with Gasteiger partial charge in [-0.05, 0) is 62.6 Å². The fourth-order valence-electron chi connectivity index (χ4n) is 3.37. The lowest BCUT2D eigenvalue weighted by Crippen LogP contribution is -2.49. The largest absolute Gasteiger partial charge is 0.439 e. The van der Waals surface area contributed by atoms with E-state index in [9.17, 15) is 4.39 Å². The molecule has 0 amide bonds. The van der Waals surface area contributed by atoms with Crippen LogP contribution in [-0.4, -0.2) is 48.1 Å². The van der Waals surface area contributed by atoms with Gasteiger partial charge < -0.3 is 20.3 Å². The third-order valence-corrected chi connectivity index (χ3v) is 5.12. The van der Waals surface area contributed by atoms with Crippen molar-refractivity contribution < 1.29 is 9.13 Å². The predicted octanol–water partition coefficient (Wildman–Crippen LogP) is 4.17. The van der Waals surface area contributed by atoms with E-state index in [2.05, 4.69) is 39.4 Å². The van der Waals surface area contributed by atoms with Crippen LogP contribution in [0, 0.1) is 5.82 Å². The molecule has 6 nitrogen and oxygen atoms in total. The molecule has 1 fully saturated rings. The lowest BCUT2D eigenvalue weighted by atomic mass is 10.0. The average Bonchev–Trinajstić information content (AvgIpc) is 2.73. The van der Waals surface area contributed by atoms with E-state index in [1.165, 1.54) is 12.1 Å². The molecule has 2 aromatic rings. The van der Waals surface area contributed by atoms with Crippen molar-refractivity contribution in [1.29, 1.82) is 0 Å². The Labute approximate surface area is 195 Å². The molecule has 0 atom stereocenters. The maximum absolute atomic E-state index is 13.0. The van der Waals surface area contributed by atoms with Crippen molar-refractivity contribution in [2.24, 2.45) is 4.99 Å². The zero-order valence-electron chi connectivity index (χ0n) is 17.8. The molecule has 0 radical (unpaired) electrons. The molecule has 164 valence electrons. The summed E-state index contributed by atoms with van der Waals surface area (Å²) < 4.78 is 18.7. The first-order chi connectivity index (χ1) is 14.0. The van der Waals surface area contributed by atoms with Crippen LogP contribution in [0.15, 0.2) is 47.6 Å². The molecule has 2 heterocycles. The van der Waals surface area contributed by atoms with Gasteiger partial charge in [0.05, 0.1) is 0 Å². The minimum absolute atomic E-state index is 0. The van der Waals surface area contributed by atoms with Crippen LogP contribution in [0.1, 0.15) is 32.3 Å². The van der Waals surface area contributed by atoms with Gasteiger partial charge in [0.15, 0.2) is 5.96 Å². The fourth-order valence-corrected chi connectivity index (χ4v) is 3.37. The highest BCUT2D eigenvalue weighted by molar-refractivity contribution is 14.0. The van der Waals surface area contributed by atoms with Gasteiger partial charge in [-0.1, -0.05) is 0 Å². The molecule has 1 aromatic carbocycles. The van der Waals surface area contributed by atoms with E-state index in [-0.39, 0.29) is 29.8 Å². The van der Waals surface area contributed by atoms with Crippen LogP contribution in [0.3, 0.4) is 0 Å². The van der Waals surface area contributed by atoms with E-state index >= 15 is 0 Å². The molecule has 0 saturated carbocycles. The topological polar surface area (TPSA) is 61.8 Å². The van der Waals surface area contributed by atoms with Gasteiger partial charge in [0.2, 0.25) is 5.88 Å². The minimum Gasteiger partial charge on any atom is -0.439 e. The number of hydrogen-bond acceptors (Lipinski definition) is 4. The molecule has 2 N–H and O–H groups in total. The van der Waals surface area contributed by atoms with E-state index in [0.717, 1.165) is 37.5 Å². The van der Waals surface area contributed by atoms with E-state index in [1.807, 2.05) is 12.1 Å². The van der Waals surface area contributed by atoms with Crippen LogP contribution in [0.25, 0.3) is 0 Å². The molecule has 3 rings (SSSR count). The van der Waals surface area contributed by atoms with E-state index in [1.54, 1.807) is 25.4 Å². The molecule has 1 aliphatic rings. The Kier molecular flexibility index (Phi) is 9.77. The number of benzene rings is 1. The number of nitrogens with one attached hydrogen (secondary N) is 2. The van der Waals surface area contributed by atoms with Crippen LogP contribution < -0.4 is 15.4 Å². The van der Waals surface area contributed by atoms with Crippen molar-refractivity contribution in [2.45, 2.75) is 45.3 Å². The fraction of sp³-hybridized carbons (Fsp3) is 0.455. The Balaban J connectivity index is 0.00000320. The number of piperidine rings is 1. The number of hydrogen-bond donors (Lipinski definition) is 2. The van der Waals surface area contributed by atoms with Crippen molar-refractivity contribution in [2.75, 3.05) is 20.1 Å². The van der Waals surface area contributed by atoms with Gasteiger partial charge in [0.1, 0.15) is 11.6 Å². The molecule has 1 saturated heterocycles. The monoisotopic (exact) mass is 527 g/mol. The highest BCUT2D eigenvalue weighted by atomic mass is 127. The Hall–Kier alpha value is -1.94. The first kappa shape index (κ1) is 24.3. The SMILES string of the molecule is CN=C(NCc1ccnc(Oc2ccc(F)cc2)c1)NC1CCN(C(C)C)CC1.I. The van der Waals surface area contributed by atoms with Gasteiger partial charge in [-0.25, -0.2) is 9.37 Å². The van der Waals surface area contributed by atoms with Crippen LogP contribution in [0.2, 0.25) is 0 Å². The number of aromatic nitrogens is 1. The summed E-state index contributed by atoms with van der Waals surface area (Å²) in [6.07, 6.45) is 3.93. The third kappa shape index (κ3) is 7.39. The normalized spacial score (nSPS) is 15.6. The maximum atomic E-state index is 13.0. The van der Waals surface area contributed by atoms with Crippen molar-refractivity contribution in [3.8, 4) is 11.6 Å². The summed E-state index contributed by atoms with van der Waals surface area (Å²) in [6, 6.07) is 10.7. The zero-order chi connectivity index (χ0) is 20.6. The van der Waals surface area contributed by atoms with Crippen LogP contribution in [0.4, 0.5) is 4.39 Å². The number of aliphatic imine (C=N–C) groups is 1. The van der Waals surface area contributed by atoms with Gasteiger partial charge in [0, 0.05) is 51.0 Å². The maximum Gasteiger partial charge on any atom is 0.219 e. The number of likely N-dealkylation sites (tertiary alicyclic amines) is 1. The summed E-state index contributed by atoms with van der Waals surface area (Å²) in [7, 11) is 1.79. The summed E-state index contributed by atoms with van der Waals surface area (Å²) in [4.78, 5) is 11.1. The molecule has 8 heteroatoms. The molecule has 30 heavy (non-hydrogen) atoms. The molecular formula is C22H31FIN5O. The van der Waals surface area contributed by atoms with Crippen LogP contribution >= 0.6 is 24.0 Å². The number of pyridine rings is 1. The summed E-state index contributed by atoms with van der Waals surface area (Å²) in [5.74, 6) is 1.52. The number of guanidine groups is 1. The van der Waals surface area contributed by atoms with Gasteiger partial charge in [-0.3, -0.25) is 4.99 Å². The molecule has 0 spiro atoms. The number of nitrogens with zero attached hydrogens (tertiary/aromatic N) is 3. The molecule has 0 aliphatic carbocycles. The highest BCUT2D eigenvalue weighted by Gasteiger charge is 2.21. The van der Waals surface area contributed by atoms with Crippen LogP contribution in [-0.2, 0) is 6.54 Å². The Morgan fingerprint density at radius 3 is 2.57 bits per heavy atom. The highest BCUT2D eigenvalue weighted by Crippen LogP contribution is 2.20. The van der Waals surface area contributed by atoms with Gasteiger partial charge in [-0.2, -0.15) is 0 Å². The lowest BCUT2D eigenvalue weighted by molar-refractivity contribution is 0.167. The van der Waals surface area contributed by atoms with E-state index < -0.39 is 0 Å². The third-order valence-electron chi connectivity index (χ3n) is 5.12. The number of ether oxygens (including phenoxy) is 1. The standard InChI is InChI=1S/C22H30FN5O.HI/c1-16(2)28-12-9-19(10-13-28)27-22(24-3)26-15-17-8-11-25-21(14-17)29-20-6-4-18(23)5-7-20;/h4-8,11,14,16,19H,9-10,12-13,15H2,1-3H3,(H2,24,26,27);1H. The smallest absolute Gasteiger partial charge is 0.219 e. The number of halogens is 2.